The zero-order valence-electron chi connectivity index (χ0n) is 11.8. The van der Waals surface area contributed by atoms with Gasteiger partial charge in [-0.25, -0.2) is 0 Å². The van der Waals surface area contributed by atoms with Crippen LogP contribution in [0.1, 0.15) is 37.3 Å². The van der Waals surface area contributed by atoms with Gasteiger partial charge in [0.1, 0.15) is 0 Å². The van der Waals surface area contributed by atoms with E-state index in [1.807, 2.05) is 39.0 Å². The van der Waals surface area contributed by atoms with Crippen LogP contribution in [-0.2, 0) is 9.59 Å². The Morgan fingerprint density at radius 2 is 1.79 bits per heavy atom. The number of carboxylic acid groups (broad SMARTS) is 1. The van der Waals surface area contributed by atoms with Crippen molar-refractivity contribution in [3.63, 3.8) is 0 Å². The van der Waals surface area contributed by atoms with Gasteiger partial charge in [-0.1, -0.05) is 25.1 Å². The van der Waals surface area contributed by atoms with Gasteiger partial charge in [0.15, 0.2) is 0 Å². The van der Waals surface area contributed by atoms with E-state index in [1.54, 1.807) is 4.90 Å². The molecule has 1 rings (SSSR count). The number of hydrogen-bond donors (Lipinski definition) is 1. The van der Waals surface area contributed by atoms with E-state index in [1.165, 1.54) is 0 Å². The molecule has 0 unspecified atom stereocenters. The van der Waals surface area contributed by atoms with Crippen LogP contribution in [0.4, 0.5) is 5.69 Å². The Bertz CT molecular complexity index is 448. The second kappa shape index (κ2) is 6.92. The zero-order valence-corrected chi connectivity index (χ0v) is 11.8. The number of carbonyl (C=O) groups is 2. The third-order valence-corrected chi connectivity index (χ3v) is 3.09. The molecule has 0 saturated carbocycles. The first-order valence-electron chi connectivity index (χ1n) is 6.55. The van der Waals surface area contributed by atoms with Gasteiger partial charge in [-0.3, -0.25) is 9.59 Å². The Hall–Kier alpha value is -1.84. The van der Waals surface area contributed by atoms with Crippen LogP contribution < -0.4 is 4.90 Å². The number of carbonyl (C=O) groups excluding carboxylic acids is 1. The topological polar surface area (TPSA) is 57.6 Å². The third kappa shape index (κ3) is 4.09. The van der Waals surface area contributed by atoms with Crippen molar-refractivity contribution in [2.45, 2.75) is 40.0 Å². The smallest absolute Gasteiger partial charge is 0.303 e. The fourth-order valence-electron chi connectivity index (χ4n) is 2.17. The molecule has 0 aliphatic carbocycles. The van der Waals surface area contributed by atoms with Crippen molar-refractivity contribution in [2.24, 2.45) is 0 Å². The summed E-state index contributed by atoms with van der Waals surface area (Å²) in [5.74, 6) is -0.798. The number of hydrogen-bond acceptors (Lipinski definition) is 2. The lowest BCUT2D eigenvalue weighted by molar-refractivity contribution is -0.137. The maximum absolute atomic E-state index is 12.1. The fourth-order valence-corrected chi connectivity index (χ4v) is 2.17. The summed E-state index contributed by atoms with van der Waals surface area (Å²) < 4.78 is 0. The number of aliphatic carboxylic acids is 1. The van der Waals surface area contributed by atoms with E-state index in [0.29, 0.717) is 19.4 Å². The second-order valence-corrected chi connectivity index (χ2v) is 4.64. The average molecular weight is 263 g/mol. The van der Waals surface area contributed by atoms with E-state index >= 15 is 0 Å². The molecule has 0 bridgehead atoms. The van der Waals surface area contributed by atoms with Crippen LogP contribution in [-0.4, -0.2) is 23.5 Å². The van der Waals surface area contributed by atoms with Crippen molar-refractivity contribution in [1.82, 2.24) is 0 Å². The first-order chi connectivity index (χ1) is 8.97. The number of rotatable bonds is 6. The molecule has 4 heteroatoms. The van der Waals surface area contributed by atoms with Crippen LogP contribution in [0.25, 0.3) is 0 Å². The SMILES string of the molecule is CCC(=O)N(CCCC(=O)O)c1c(C)cccc1C. The van der Waals surface area contributed by atoms with Gasteiger partial charge in [0, 0.05) is 25.1 Å². The Kier molecular flexibility index (Phi) is 5.55. The molecule has 0 aromatic heterocycles. The van der Waals surface area contributed by atoms with Crippen molar-refractivity contribution in [3.8, 4) is 0 Å². The standard InChI is InChI=1S/C15H21NO3/c1-4-13(17)16(10-6-9-14(18)19)15-11(2)7-5-8-12(15)3/h5,7-8H,4,6,9-10H2,1-3H3,(H,18,19). The first kappa shape index (κ1) is 15.2. The van der Waals surface area contributed by atoms with E-state index in [2.05, 4.69) is 0 Å². The molecule has 0 aliphatic heterocycles. The van der Waals surface area contributed by atoms with Crippen molar-refractivity contribution in [3.05, 3.63) is 29.3 Å². The van der Waals surface area contributed by atoms with Crippen LogP contribution in [0.5, 0.6) is 0 Å². The van der Waals surface area contributed by atoms with Gasteiger partial charge in [-0.2, -0.15) is 0 Å². The lowest BCUT2D eigenvalue weighted by Gasteiger charge is -2.26. The quantitative estimate of drug-likeness (QED) is 0.858. The van der Waals surface area contributed by atoms with E-state index < -0.39 is 5.97 Å². The number of aryl methyl sites for hydroxylation is 2. The molecule has 0 radical (unpaired) electrons. The van der Waals surface area contributed by atoms with Gasteiger partial charge >= 0.3 is 5.97 Å². The van der Waals surface area contributed by atoms with Gasteiger partial charge in [-0.05, 0) is 31.4 Å². The number of anilines is 1. The molecule has 1 N–H and O–H groups in total. The molecular weight excluding hydrogens is 242 g/mol. The summed E-state index contributed by atoms with van der Waals surface area (Å²) in [7, 11) is 0. The molecule has 0 saturated heterocycles. The van der Waals surface area contributed by atoms with E-state index in [9.17, 15) is 9.59 Å². The average Bonchev–Trinajstić information content (AvgIpc) is 2.35. The molecule has 1 aromatic carbocycles. The van der Waals surface area contributed by atoms with Crippen LogP contribution in [0.2, 0.25) is 0 Å². The first-order valence-corrected chi connectivity index (χ1v) is 6.55. The minimum atomic E-state index is -0.828. The molecule has 1 aromatic rings. The molecule has 19 heavy (non-hydrogen) atoms. The van der Waals surface area contributed by atoms with Gasteiger partial charge in [-0.15, -0.1) is 0 Å². The zero-order chi connectivity index (χ0) is 14.4. The predicted molar refractivity (Wildman–Crippen MR) is 75.4 cm³/mol. The summed E-state index contributed by atoms with van der Waals surface area (Å²) in [6.07, 6.45) is 0.966. The molecule has 0 heterocycles. The van der Waals surface area contributed by atoms with Crippen molar-refractivity contribution >= 4 is 17.6 Å². The van der Waals surface area contributed by atoms with Crippen LogP contribution in [0, 0.1) is 13.8 Å². The molecule has 0 atom stereocenters. The number of nitrogens with zero attached hydrogens (tertiary/aromatic N) is 1. The largest absolute Gasteiger partial charge is 0.481 e. The molecule has 104 valence electrons. The highest BCUT2D eigenvalue weighted by Gasteiger charge is 2.17. The Morgan fingerprint density at radius 3 is 2.26 bits per heavy atom. The Morgan fingerprint density at radius 1 is 1.21 bits per heavy atom. The van der Waals surface area contributed by atoms with Crippen molar-refractivity contribution in [2.75, 3.05) is 11.4 Å². The van der Waals surface area contributed by atoms with Gasteiger partial charge in [0.05, 0.1) is 0 Å². The van der Waals surface area contributed by atoms with E-state index in [4.69, 9.17) is 5.11 Å². The summed E-state index contributed by atoms with van der Waals surface area (Å²) in [6.45, 7) is 6.20. The fraction of sp³-hybridized carbons (Fsp3) is 0.467. The van der Waals surface area contributed by atoms with E-state index in [0.717, 1.165) is 16.8 Å². The Balaban J connectivity index is 2.96. The summed E-state index contributed by atoms with van der Waals surface area (Å²) in [4.78, 5) is 24.4. The molecule has 4 nitrogen and oxygen atoms in total. The monoisotopic (exact) mass is 263 g/mol. The summed E-state index contributed by atoms with van der Waals surface area (Å²) >= 11 is 0. The highest BCUT2D eigenvalue weighted by atomic mass is 16.4. The maximum atomic E-state index is 12.1. The number of carboxylic acids is 1. The van der Waals surface area contributed by atoms with Gasteiger partial charge in [0.25, 0.3) is 0 Å². The van der Waals surface area contributed by atoms with Crippen molar-refractivity contribution < 1.29 is 14.7 Å². The number of benzene rings is 1. The summed E-state index contributed by atoms with van der Waals surface area (Å²) in [5, 5.41) is 8.70. The van der Waals surface area contributed by atoms with Gasteiger partial charge in [0.2, 0.25) is 5.91 Å². The summed E-state index contributed by atoms with van der Waals surface area (Å²) in [6, 6.07) is 5.89. The molecule has 1 amide bonds. The lowest BCUT2D eigenvalue weighted by Crippen LogP contribution is -2.32. The van der Waals surface area contributed by atoms with Crippen LogP contribution in [0.15, 0.2) is 18.2 Å². The van der Waals surface area contributed by atoms with Crippen LogP contribution >= 0.6 is 0 Å². The van der Waals surface area contributed by atoms with Crippen LogP contribution in [0.3, 0.4) is 0 Å². The highest BCUT2D eigenvalue weighted by molar-refractivity contribution is 5.94. The normalized spacial score (nSPS) is 10.3. The minimum absolute atomic E-state index is 0.0304. The third-order valence-electron chi connectivity index (χ3n) is 3.09. The van der Waals surface area contributed by atoms with Gasteiger partial charge < -0.3 is 10.0 Å². The molecule has 0 fully saturated rings. The summed E-state index contributed by atoms with van der Waals surface area (Å²) in [5.41, 5.74) is 2.99. The molecule has 0 spiro atoms. The molecular formula is C15H21NO3. The molecule has 0 aliphatic rings. The lowest BCUT2D eigenvalue weighted by atomic mass is 10.1. The van der Waals surface area contributed by atoms with E-state index in [-0.39, 0.29) is 12.3 Å². The van der Waals surface area contributed by atoms with Crippen molar-refractivity contribution in [1.29, 1.82) is 0 Å². The minimum Gasteiger partial charge on any atom is -0.481 e. The predicted octanol–water partition coefficient (Wildman–Crippen LogP) is 2.91. The number of para-hydroxylation sites is 1. The Labute approximate surface area is 114 Å². The number of amides is 1. The maximum Gasteiger partial charge on any atom is 0.303 e. The second-order valence-electron chi connectivity index (χ2n) is 4.64. The highest BCUT2D eigenvalue weighted by Crippen LogP contribution is 2.25.